The first-order valence-electron chi connectivity index (χ1n) is 5.74. The second-order valence-electron chi connectivity index (χ2n) is 3.92. The number of fused-ring (bicyclic) bond motifs is 1. The summed E-state index contributed by atoms with van der Waals surface area (Å²) in [7, 11) is 0. The number of aromatic amines is 1. The molecular weight excluding hydrogens is 244 g/mol. The van der Waals surface area contributed by atoms with E-state index < -0.39 is 5.97 Å². The van der Waals surface area contributed by atoms with Gasteiger partial charge in [-0.3, -0.25) is 4.99 Å². The molecule has 0 amide bonds. The number of nitrogens with two attached hydrogens (primary N) is 1. The molecule has 19 heavy (non-hydrogen) atoms. The highest BCUT2D eigenvalue weighted by Gasteiger charge is 2.10. The summed E-state index contributed by atoms with van der Waals surface area (Å²) in [6.45, 7) is 1.93. The number of aliphatic imine (C=N–C) groups is 1. The predicted octanol–water partition coefficient (Wildman–Crippen LogP) is 1.45. The number of hydrogen-bond acceptors (Lipinski definition) is 3. The van der Waals surface area contributed by atoms with Crippen molar-refractivity contribution in [1.29, 1.82) is 0 Å². The number of amidine groups is 1. The number of allylic oxidation sites excluding steroid dienone is 1. The van der Waals surface area contributed by atoms with Gasteiger partial charge < -0.3 is 15.8 Å². The van der Waals surface area contributed by atoms with Crippen LogP contribution in [-0.4, -0.2) is 26.9 Å². The highest BCUT2D eigenvalue weighted by molar-refractivity contribution is 6.17. The summed E-state index contributed by atoms with van der Waals surface area (Å²) < 4.78 is 0. The highest BCUT2D eigenvalue weighted by atomic mass is 16.4. The van der Waals surface area contributed by atoms with E-state index in [4.69, 9.17) is 10.8 Å². The maximum Gasteiger partial charge on any atom is 0.339 e. The second-order valence-corrected chi connectivity index (χ2v) is 3.92. The van der Waals surface area contributed by atoms with E-state index in [0.717, 1.165) is 16.6 Å². The third-order valence-corrected chi connectivity index (χ3v) is 2.77. The molecule has 0 atom stereocenters. The van der Waals surface area contributed by atoms with Gasteiger partial charge in [0, 0.05) is 17.8 Å². The number of carbonyl (C=O) groups is 1. The third-order valence-electron chi connectivity index (χ3n) is 2.77. The van der Waals surface area contributed by atoms with Crippen molar-refractivity contribution in [2.45, 2.75) is 13.5 Å². The minimum atomic E-state index is -1.08. The number of carboxylic acid groups (broad SMARTS) is 1. The van der Waals surface area contributed by atoms with E-state index in [0.29, 0.717) is 6.54 Å². The van der Waals surface area contributed by atoms with Gasteiger partial charge in [0.1, 0.15) is 11.5 Å². The summed E-state index contributed by atoms with van der Waals surface area (Å²) in [4.78, 5) is 22.2. The molecule has 2 aromatic rings. The lowest BCUT2D eigenvalue weighted by Crippen LogP contribution is -2.21. The van der Waals surface area contributed by atoms with Crippen LogP contribution in [0.3, 0.4) is 0 Å². The summed E-state index contributed by atoms with van der Waals surface area (Å²) in [5, 5.41) is 9.89. The van der Waals surface area contributed by atoms with Crippen molar-refractivity contribution in [3.63, 3.8) is 0 Å². The number of H-pyrrole nitrogens is 1. The lowest BCUT2D eigenvalue weighted by atomic mass is 10.2. The molecule has 6 nitrogen and oxygen atoms in total. The van der Waals surface area contributed by atoms with Crippen molar-refractivity contribution >= 4 is 22.8 Å². The molecule has 0 bridgehead atoms. The Hall–Kier alpha value is -2.63. The summed E-state index contributed by atoms with van der Waals surface area (Å²) in [6.07, 6.45) is 4.90. The van der Waals surface area contributed by atoms with Gasteiger partial charge in [-0.25, -0.2) is 9.78 Å². The van der Waals surface area contributed by atoms with Gasteiger partial charge >= 0.3 is 5.97 Å². The molecule has 98 valence electrons. The molecular formula is C13H14N4O2. The van der Waals surface area contributed by atoms with Crippen LogP contribution >= 0.6 is 0 Å². The fourth-order valence-corrected chi connectivity index (χ4v) is 1.79. The Morgan fingerprint density at radius 3 is 3.05 bits per heavy atom. The third kappa shape index (κ3) is 2.62. The Balaban J connectivity index is 2.27. The molecule has 0 radical (unpaired) electrons. The smallest absolute Gasteiger partial charge is 0.339 e. The Labute approximate surface area is 109 Å². The predicted molar refractivity (Wildman–Crippen MR) is 72.8 cm³/mol. The van der Waals surface area contributed by atoms with Gasteiger partial charge in [-0.1, -0.05) is 6.08 Å². The van der Waals surface area contributed by atoms with Crippen molar-refractivity contribution in [1.82, 2.24) is 9.97 Å². The number of nitrogens with one attached hydrogen (secondary N) is 1. The number of pyridine rings is 1. The molecule has 0 aromatic carbocycles. The van der Waals surface area contributed by atoms with Crippen molar-refractivity contribution in [2.24, 2.45) is 10.7 Å². The Bertz CT molecular complexity index is 670. The topological polar surface area (TPSA) is 104 Å². The van der Waals surface area contributed by atoms with Gasteiger partial charge in [-0.2, -0.15) is 0 Å². The summed E-state index contributed by atoms with van der Waals surface area (Å²) in [5.74, 6) is -1.05. The van der Waals surface area contributed by atoms with E-state index in [1.54, 1.807) is 19.3 Å². The Morgan fingerprint density at radius 2 is 2.37 bits per heavy atom. The number of aliphatic carboxylic acids is 1. The van der Waals surface area contributed by atoms with Crippen LogP contribution in [-0.2, 0) is 11.3 Å². The first-order chi connectivity index (χ1) is 9.13. The number of hydrogen-bond donors (Lipinski definition) is 3. The van der Waals surface area contributed by atoms with Gasteiger partial charge in [0.15, 0.2) is 0 Å². The molecule has 2 rings (SSSR count). The molecule has 2 aromatic heterocycles. The highest BCUT2D eigenvalue weighted by Crippen LogP contribution is 2.16. The molecule has 0 saturated heterocycles. The van der Waals surface area contributed by atoms with Crippen LogP contribution in [0.1, 0.15) is 12.5 Å². The Kier molecular flexibility index (Phi) is 3.61. The number of aromatic nitrogens is 2. The first-order valence-corrected chi connectivity index (χ1v) is 5.74. The maximum atomic E-state index is 10.9. The average molecular weight is 258 g/mol. The normalized spacial score (nSPS) is 12.9. The lowest BCUT2D eigenvalue weighted by molar-refractivity contribution is -0.132. The summed E-state index contributed by atoms with van der Waals surface area (Å²) in [6, 6.07) is 3.74. The first kappa shape index (κ1) is 12.8. The van der Waals surface area contributed by atoms with Crippen LogP contribution in [0.25, 0.3) is 11.0 Å². The van der Waals surface area contributed by atoms with Gasteiger partial charge in [-0.15, -0.1) is 0 Å². The van der Waals surface area contributed by atoms with Gasteiger partial charge in [0.05, 0.1) is 12.1 Å². The number of carboxylic acids is 1. The van der Waals surface area contributed by atoms with Crippen LogP contribution < -0.4 is 5.73 Å². The van der Waals surface area contributed by atoms with Crippen molar-refractivity contribution in [3.05, 3.63) is 41.7 Å². The standard InChI is InChI=1S/C13H14N4O2/c1-2-9(13(18)19)11(14)17-7-8-3-5-15-12-10(8)4-6-16-12/h2-6H,7H2,1H3,(H2,14,17)(H,15,16)(H,18,19). The zero-order chi connectivity index (χ0) is 13.8. The zero-order valence-corrected chi connectivity index (χ0v) is 10.4. The fourth-order valence-electron chi connectivity index (χ4n) is 1.79. The second kappa shape index (κ2) is 5.34. The largest absolute Gasteiger partial charge is 0.478 e. The van der Waals surface area contributed by atoms with E-state index in [1.807, 2.05) is 12.1 Å². The molecule has 0 unspecified atom stereocenters. The zero-order valence-electron chi connectivity index (χ0n) is 10.4. The van der Waals surface area contributed by atoms with Gasteiger partial charge in [0.2, 0.25) is 0 Å². The minimum Gasteiger partial charge on any atom is -0.478 e. The quantitative estimate of drug-likeness (QED) is 0.438. The van der Waals surface area contributed by atoms with E-state index >= 15 is 0 Å². The van der Waals surface area contributed by atoms with E-state index in [-0.39, 0.29) is 11.4 Å². The molecule has 0 aliphatic heterocycles. The van der Waals surface area contributed by atoms with Gasteiger partial charge in [-0.05, 0) is 24.6 Å². The molecule has 0 aliphatic carbocycles. The maximum absolute atomic E-state index is 10.9. The molecule has 0 fully saturated rings. The summed E-state index contributed by atoms with van der Waals surface area (Å²) >= 11 is 0. The van der Waals surface area contributed by atoms with Crippen molar-refractivity contribution in [2.75, 3.05) is 0 Å². The lowest BCUT2D eigenvalue weighted by Gasteiger charge is -2.02. The SMILES string of the molecule is CC=C(C(=O)O)C(N)=NCc1ccnc2[nH]ccc12. The minimum absolute atomic E-state index is 0.0133. The summed E-state index contributed by atoms with van der Waals surface area (Å²) in [5.41, 5.74) is 7.40. The molecule has 0 spiro atoms. The van der Waals surface area contributed by atoms with E-state index in [1.165, 1.54) is 6.08 Å². The van der Waals surface area contributed by atoms with Crippen LogP contribution in [0.2, 0.25) is 0 Å². The van der Waals surface area contributed by atoms with E-state index in [9.17, 15) is 4.79 Å². The van der Waals surface area contributed by atoms with Crippen molar-refractivity contribution < 1.29 is 9.90 Å². The molecule has 4 N–H and O–H groups in total. The Morgan fingerprint density at radius 1 is 1.58 bits per heavy atom. The molecule has 2 heterocycles. The fraction of sp³-hybridized carbons (Fsp3) is 0.154. The molecule has 0 saturated carbocycles. The van der Waals surface area contributed by atoms with E-state index in [2.05, 4.69) is 15.0 Å². The van der Waals surface area contributed by atoms with Crippen molar-refractivity contribution in [3.8, 4) is 0 Å². The molecule has 6 heteroatoms. The number of rotatable bonds is 4. The average Bonchev–Trinajstić information content (AvgIpc) is 2.85. The molecule has 0 aliphatic rings. The van der Waals surface area contributed by atoms with Crippen LogP contribution in [0.5, 0.6) is 0 Å². The monoisotopic (exact) mass is 258 g/mol. The van der Waals surface area contributed by atoms with Gasteiger partial charge in [0.25, 0.3) is 0 Å². The number of nitrogens with zero attached hydrogens (tertiary/aromatic N) is 2. The van der Waals surface area contributed by atoms with Crippen LogP contribution in [0, 0.1) is 0 Å². The van der Waals surface area contributed by atoms with Crippen LogP contribution in [0.4, 0.5) is 0 Å². The van der Waals surface area contributed by atoms with Crippen LogP contribution in [0.15, 0.2) is 41.2 Å².